The fourth-order valence-corrected chi connectivity index (χ4v) is 6.84. The first kappa shape index (κ1) is 30.8. The molecule has 1 heterocycles. The number of nitrogens with zero attached hydrogens (tertiary/aromatic N) is 1. The normalized spacial score (nSPS) is 16.1. The smallest absolute Gasteiger partial charge is 0.251 e. The maximum atomic E-state index is 13.6. The van der Waals surface area contributed by atoms with Crippen molar-refractivity contribution < 1.29 is 18.3 Å². The maximum Gasteiger partial charge on any atom is 0.251 e. The number of anilines is 2. The monoisotopic (exact) mass is 598 g/mol. The number of nitrogens with one attached hydrogen (secondary N) is 3. The van der Waals surface area contributed by atoms with Crippen molar-refractivity contribution in [1.82, 2.24) is 10.6 Å². The number of hydrogen-bond acceptors (Lipinski definition) is 6. The highest BCUT2D eigenvalue weighted by molar-refractivity contribution is 7.92. The minimum Gasteiger partial charge on any atom is -0.390 e. The predicted octanol–water partition coefficient (Wildman–Crippen LogP) is 4.24. The molecule has 1 aliphatic heterocycles. The Bertz CT molecular complexity index is 1400. The molecule has 0 saturated carbocycles. The number of amides is 1. The van der Waals surface area contributed by atoms with Gasteiger partial charge in [-0.25, -0.2) is 8.42 Å². The SMILES string of the molecule is CCNc1cc(C(=O)N[C@@H](Cc2ccccc2)[C@H](O)CNCCc2ccccc2Cl)cc(N2CCCCS2(=O)=O)c1. The van der Waals surface area contributed by atoms with Crippen LogP contribution >= 0.6 is 11.6 Å². The van der Waals surface area contributed by atoms with Gasteiger partial charge >= 0.3 is 0 Å². The molecule has 0 spiro atoms. The van der Waals surface area contributed by atoms with Crippen LogP contribution in [-0.4, -0.2) is 63.5 Å². The molecule has 8 nitrogen and oxygen atoms in total. The Kier molecular flexibility index (Phi) is 11.0. The van der Waals surface area contributed by atoms with E-state index in [0.717, 1.165) is 17.5 Å². The molecule has 0 radical (unpaired) electrons. The summed E-state index contributed by atoms with van der Waals surface area (Å²) < 4.78 is 27.0. The van der Waals surface area contributed by atoms with Crippen LogP contribution in [0.4, 0.5) is 11.4 Å². The van der Waals surface area contributed by atoms with Gasteiger partial charge in [0.05, 0.1) is 23.6 Å². The Hall–Kier alpha value is -3.11. The average Bonchev–Trinajstić information content (AvgIpc) is 2.96. The molecule has 10 heteroatoms. The number of aliphatic hydroxyl groups excluding tert-OH is 1. The number of rotatable bonds is 13. The van der Waals surface area contributed by atoms with E-state index in [1.54, 1.807) is 18.2 Å². The van der Waals surface area contributed by atoms with Crippen LogP contribution < -0.4 is 20.3 Å². The summed E-state index contributed by atoms with van der Waals surface area (Å²) in [6.07, 6.45) is 1.66. The molecule has 1 saturated heterocycles. The Labute approximate surface area is 248 Å². The van der Waals surface area contributed by atoms with Gasteiger partial charge in [-0.3, -0.25) is 9.10 Å². The summed E-state index contributed by atoms with van der Waals surface area (Å²) in [4.78, 5) is 13.6. The lowest BCUT2D eigenvalue weighted by Gasteiger charge is -2.29. The summed E-state index contributed by atoms with van der Waals surface area (Å²) in [7, 11) is -3.45. The first-order chi connectivity index (χ1) is 19.8. The second kappa shape index (κ2) is 14.7. The quantitative estimate of drug-likeness (QED) is 0.219. The third kappa shape index (κ3) is 8.69. The number of hydrogen-bond donors (Lipinski definition) is 4. The van der Waals surface area contributed by atoms with Gasteiger partial charge in [-0.05, 0) is 74.5 Å². The number of carbonyl (C=O) groups excluding carboxylic acids is 1. The van der Waals surface area contributed by atoms with E-state index < -0.39 is 22.2 Å². The maximum absolute atomic E-state index is 13.6. The first-order valence-corrected chi connectivity index (χ1v) is 16.1. The first-order valence-electron chi connectivity index (χ1n) is 14.1. The van der Waals surface area contributed by atoms with Crippen molar-refractivity contribution >= 4 is 38.9 Å². The molecular weight excluding hydrogens is 560 g/mol. The van der Waals surface area contributed by atoms with Crippen LogP contribution in [0.15, 0.2) is 72.8 Å². The second-order valence-electron chi connectivity index (χ2n) is 10.3. The Morgan fingerprint density at radius 1 is 1.05 bits per heavy atom. The van der Waals surface area contributed by atoms with Crippen LogP contribution in [0.5, 0.6) is 0 Å². The summed E-state index contributed by atoms with van der Waals surface area (Å²) in [5, 5.41) is 21.4. The van der Waals surface area contributed by atoms with Gasteiger partial charge in [0.1, 0.15) is 0 Å². The van der Waals surface area contributed by atoms with Crippen molar-refractivity contribution in [1.29, 1.82) is 0 Å². The molecular formula is C31H39ClN4O4S. The van der Waals surface area contributed by atoms with Crippen LogP contribution in [0.2, 0.25) is 5.02 Å². The van der Waals surface area contributed by atoms with Gasteiger partial charge in [0, 0.05) is 35.9 Å². The number of sulfonamides is 1. The number of aliphatic hydroxyl groups is 1. The molecule has 3 aromatic rings. The molecule has 220 valence electrons. The van der Waals surface area contributed by atoms with E-state index in [-0.39, 0.29) is 18.2 Å². The highest BCUT2D eigenvalue weighted by Gasteiger charge is 2.28. The third-order valence-electron chi connectivity index (χ3n) is 7.16. The standard InChI is InChI=1S/C31H39ClN4O4S/c1-2-34-26-19-25(20-27(21-26)36-16-8-9-17-41(36,39)40)31(38)35-29(18-23-10-4-3-5-11-23)30(37)22-33-15-14-24-12-6-7-13-28(24)32/h3-7,10-13,19-21,29-30,33-34,37H,2,8-9,14-18,22H2,1H3,(H,35,38)/t29-,30+/m0/s1. The summed E-state index contributed by atoms with van der Waals surface area (Å²) in [6.45, 7) is 3.83. The fraction of sp³-hybridized carbons (Fsp3) is 0.387. The van der Waals surface area contributed by atoms with Crippen molar-refractivity contribution in [3.8, 4) is 0 Å². The highest BCUT2D eigenvalue weighted by Crippen LogP contribution is 2.28. The molecule has 4 N–H and O–H groups in total. The van der Waals surface area contributed by atoms with Crippen molar-refractivity contribution in [2.45, 2.75) is 44.8 Å². The molecule has 2 atom stereocenters. The van der Waals surface area contributed by atoms with E-state index in [1.807, 2.05) is 61.5 Å². The van der Waals surface area contributed by atoms with Crippen LogP contribution in [0, 0.1) is 0 Å². The van der Waals surface area contributed by atoms with Crippen molar-refractivity contribution in [2.75, 3.05) is 41.6 Å². The fourth-order valence-electron chi connectivity index (χ4n) is 4.99. The van der Waals surface area contributed by atoms with Gasteiger partial charge in [-0.15, -0.1) is 0 Å². The highest BCUT2D eigenvalue weighted by atomic mass is 35.5. The lowest BCUT2D eigenvalue weighted by Crippen LogP contribution is -2.49. The minimum atomic E-state index is -3.45. The lowest BCUT2D eigenvalue weighted by atomic mass is 10.00. The van der Waals surface area contributed by atoms with Crippen LogP contribution in [0.3, 0.4) is 0 Å². The summed E-state index contributed by atoms with van der Waals surface area (Å²) in [5.74, 6) is -0.286. The van der Waals surface area contributed by atoms with Crippen molar-refractivity contribution in [2.24, 2.45) is 0 Å². The predicted molar refractivity (Wildman–Crippen MR) is 166 cm³/mol. The number of carbonyl (C=O) groups is 1. The van der Waals surface area contributed by atoms with Crippen LogP contribution in [-0.2, 0) is 22.9 Å². The molecule has 3 aromatic carbocycles. The van der Waals surface area contributed by atoms with Gasteiger partial charge in [0.15, 0.2) is 0 Å². The summed E-state index contributed by atoms with van der Waals surface area (Å²) in [5.41, 5.74) is 3.47. The van der Waals surface area contributed by atoms with Crippen LogP contribution in [0.1, 0.15) is 41.3 Å². The van der Waals surface area contributed by atoms with Gasteiger partial charge in [-0.1, -0.05) is 60.1 Å². The Balaban J connectivity index is 1.50. The van der Waals surface area contributed by atoms with E-state index in [2.05, 4.69) is 16.0 Å². The molecule has 0 unspecified atom stereocenters. The van der Waals surface area contributed by atoms with E-state index in [4.69, 9.17) is 11.6 Å². The van der Waals surface area contributed by atoms with E-state index >= 15 is 0 Å². The zero-order valence-corrected chi connectivity index (χ0v) is 24.9. The molecule has 1 amide bonds. The largest absolute Gasteiger partial charge is 0.390 e. The Morgan fingerprint density at radius 3 is 2.54 bits per heavy atom. The van der Waals surface area contributed by atoms with E-state index in [9.17, 15) is 18.3 Å². The summed E-state index contributed by atoms with van der Waals surface area (Å²) in [6, 6.07) is 21.9. The molecule has 1 aliphatic rings. The Morgan fingerprint density at radius 2 is 1.80 bits per heavy atom. The lowest BCUT2D eigenvalue weighted by molar-refractivity contribution is 0.0831. The molecule has 1 fully saturated rings. The van der Waals surface area contributed by atoms with Crippen molar-refractivity contribution in [3.05, 3.63) is 94.5 Å². The second-order valence-corrected chi connectivity index (χ2v) is 12.7. The molecule has 4 rings (SSSR count). The van der Waals surface area contributed by atoms with Crippen LogP contribution in [0.25, 0.3) is 0 Å². The number of halogens is 1. The summed E-state index contributed by atoms with van der Waals surface area (Å²) >= 11 is 6.26. The van der Waals surface area contributed by atoms with Gasteiger partial charge in [0.2, 0.25) is 10.0 Å². The third-order valence-corrected chi connectivity index (χ3v) is 9.40. The van der Waals surface area contributed by atoms with Gasteiger partial charge < -0.3 is 21.1 Å². The molecule has 41 heavy (non-hydrogen) atoms. The van der Waals surface area contributed by atoms with Gasteiger partial charge in [-0.2, -0.15) is 0 Å². The molecule has 0 bridgehead atoms. The van der Waals surface area contributed by atoms with Gasteiger partial charge in [0.25, 0.3) is 5.91 Å². The topological polar surface area (TPSA) is 111 Å². The zero-order valence-electron chi connectivity index (χ0n) is 23.4. The van der Waals surface area contributed by atoms with Crippen molar-refractivity contribution in [3.63, 3.8) is 0 Å². The zero-order chi connectivity index (χ0) is 29.2. The molecule has 0 aromatic heterocycles. The molecule has 0 aliphatic carbocycles. The van der Waals surface area contributed by atoms with E-state index in [1.165, 1.54) is 4.31 Å². The number of benzene rings is 3. The van der Waals surface area contributed by atoms with E-state index in [0.29, 0.717) is 60.9 Å². The average molecular weight is 599 g/mol. The minimum absolute atomic E-state index is 0.0920.